The number of halogens is 2. The third-order valence-electron chi connectivity index (χ3n) is 3.02. The SMILES string of the molecule is CNC(Cc1cccc(F)c1)Cc1ccc(Br)cn1. The number of hydrogen-bond donors (Lipinski definition) is 1. The zero-order valence-corrected chi connectivity index (χ0v) is 12.3. The fourth-order valence-corrected chi connectivity index (χ4v) is 2.24. The van der Waals surface area contributed by atoms with Crippen LogP contribution in [0.1, 0.15) is 11.3 Å². The molecule has 0 aliphatic heterocycles. The van der Waals surface area contributed by atoms with Crippen LogP contribution in [0.4, 0.5) is 4.39 Å². The number of benzene rings is 1. The van der Waals surface area contributed by atoms with Crippen LogP contribution in [-0.4, -0.2) is 18.1 Å². The normalized spacial score (nSPS) is 12.4. The first kappa shape index (κ1) is 14.2. The van der Waals surface area contributed by atoms with Gasteiger partial charge in [-0.05, 0) is 59.2 Å². The van der Waals surface area contributed by atoms with Crippen molar-refractivity contribution in [2.24, 2.45) is 0 Å². The van der Waals surface area contributed by atoms with E-state index < -0.39 is 0 Å². The standard InChI is InChI=1S/C15H16BrFN2/c1-18-15(8-11-3-2-4-13(17)7-11)9-14-6-5-12(16)10-19-14/h2-7,10,15,18H,8-9H2,1H3. The van der Waals surface area contributed by atoms with Gasteiger partial charge in [0.2, 0.25) is 0 Å². The number of pyridine rings is 1. The zero-order valence-electron chi connectivity index (χ0n) is 10.7. The predicted octanol–water partition coefficient (Wildman–Crippen LogP) is 3.36. The van der Waals surface area contributed by atoms with Crippen LogP contribution in [0.2, 0.25) is 0 Å². The number of likely N-dealkylation sites (N-methyl/N-ethyl adjacent to an activating group) is 1. The van der Waals surface area contributed by atoms with Crippen LogP contribution in [0.5, 0.6) is 0 Å². The Morgan fingerprint density at radius 1 is 1.26 bits per heavy atom. The van der Waals surface area contributed by atoms with Crippen LogP contribution < -0.4 is 5.32 Å². The molecule has 0 aliphatic carbocycles. The molecule has 0 saturated carbocycles. The third-order valence-corrected chi connectivity index (χ3v) is 3.49. The van der Waals surface area contributed by atoms with Crippen molar-refractivity contribution in [3.05, 3.63) is 64.1 Å². The molecule has 2 aromatic rings. The molecule has 2 rings (SSSR count). The number of aromatic nitrogens is 1. The second-order valence-electron chi connectivity index (χ2n) is 4.49. The quantitative estimate of drug-likeness (QED) is 0.913. The maximum Gasteiger partial charge on any atom is 0.123 e. The van der Waals surface area contributed by atoms with Crippen LogP contribution in [0.25, 0.3) is 0 Å². The molecule has 2 nitrogen and oxygen atoms in total. The van der Waals surface area contributed by atoms with Gasteiger partial charge in [0.1, 0.15) is 5.82 Å². The number of rotatable bonds is 5. The molecule has 0 saturated heterocycles. The molecule has 0 bridgehead atoms. The smallest absolute Gasteiger partial charge is 0.123 e. The summed E-state index contributed by atoms with van der Waals surface area (Å²) in [6.07, 6.45) is 3.40. The van der Waals surface area contributed by atoms with Crippen LogP contribution in [0, 0.1) is 5.82 Å². The first-order valence-electron chi connectivity index (χ1n) is 6.19. The lowest BCUT2D eigenvalue weighted by molar-refractivity contribution is 0.547. The van der Waals surface area contributed by atoms with Gasteiger partial charge in [0.15, 0.2) is 0 Å². The fraction of sp³-hybridized carbons (Fsp3) is 0.267. The highest BCUT2D eigenvalue weighted by Gasteiger charge is 2.09. The molecule has 4 heteroatoms. The Labute approximate surface area is 121 Å². The average molecular weight is 323 g/mol. The summed E-state index contributed by atoms with van der Waals surface area (Å²) in [5.74, 6) is -0.186. The highest BCUT2D eigenvalue weighted by molar-refractivity contribution is 9.10. The molecule has 0 amide bonds. The molecule has 1 unspecified atom stereocenters. The van der Waals surface area contributed by atoms with Crippen molar-refractivity contribution < 1.29 is 4.39 Å². The molecule has 1 aromatic heterocycles. The molecule has 1 N–H and O–H groups in total. The van der Waals surface area contributed by atoms with E-state index in [-0.39, 0.29) is 11.9 Å². The minimum atomic E-state index is -0.186. The Balaban J connectivity index is 2.02. The maximum absolute atomic E-state index is 13.2. The zero-order chi connectivity index (χ0) is 13.7. The lowest BCUT2D eigenvalue weighted by Crippen LogP contribution is -2.30. The van der Waals surface area contributed by atoms with E-state index in [1.54, 1.807) is 18.3 Å². The predicted molar refractivity (Wildman–Crippen MR) is 78.6 cm³/mol. The average Bonchev–Trinajstić information content (AvgIpc) is 2.40. The number of nitrogens with one attached hydrogen (secondary N) is 1. The maximum atomic E-state index is 13.2. The van der Waals surface area contributed by atoms with Crippen molar-refractivity contribution in [1.29, 1.82) is 0 Å². The Morgan fingerprint density at radius 3 is 2.74 bits per heavy atom. The molecule has 1 atom stereocenters. The van der Waals surface area contributed by atoms with Gasteiger partial charge >= 0.3 is 0 Å². The molecular weight excluding hydrogens is 307 g/mol. The molecule has 0 spiro atoms. The first-order valence-corrected chi connectivity index (χ1v) is 6.99. The lowest BCUT2D eigenvalue weighted by Gasteiger charge is -2.16. The van der Waals surface area contributed by atoms with E-state index in [1.807, 2.05) is 25.2 Å². The Hall–Kier alpha value is -1.26. The summed E-state index contributed by atoms with van der Waals surface area (Å²) >= 11 is 3.37. The first-order chi connectivity index (χ1) is 9.17. The Kier molecular flexibility index (Phi) is 5.05. The van der Waals surface area contributed by atoms with E-state index in [9.17, 15) is 4.39 Å². The van der Waals surface area contributed by atoms with Gasteiger partial charge in [-0.25, -0.2) is 4.39 Å². The van der Waals surface area contributed by atoms with E-state index >= 15 is 0 Å². The summed E-state index contributed by atoms with van der Waals surface area (Å²) in [6.45, 7) is 0. The van der Waals surface area contributed by atoms with E-state index in [4.69, 9.17) is 0 Å². The van der Waals surface area contributed by atoms with Crippen LogP contribution in [-0.2, 0) is 12.8 Å². The van der Waals surface area contributed by atoms with Crippen molar-refractivity contribution in [2.45, 2.75) is 18.9 Å². The highest BCUT2D eigenvalue weighted by atomic mass is 79.9. The number of hydrogen-bond acceptors (Lipinski definition) is 2. The van der Waals surface area contributed by atoms with E-state index in [0.29, 0.717) is 0 Å². The van der Waals surface area contributed by atoms with Crippen LogP contribution >= 0.6 is 15.9 Å². The van der Waals surface area contributed by atoms with Gasteiger partial charge in [-0.15, -0.1) is 0 Å². The minimum absolute atomic E-state index is 0.186. The summed E-state index contributed by atoms with van der Waals surface area (Å²) in [7, 11) is 1.92. The largest absolute Gasteiger partial charge is 0.316 e. The molecule has 1 aromatic carbocycles. The Bertz CT molecular complexity index is 528. The van der Waals surface area contributed by atoms with Gasteiger partial charge in [-0.3, -0.25) is 4.98 Å². The van der Waals surface area contributed by atoms with Gasteiger partial charge in [0.25, 0.3) is 0 Å². The summed E-state index contributed by atoms with van der Waals surface area (Å²) in [4.78, 5) is 4.36. The number of nitrogens with zero attached hydrogens (tertiary/aromatic N) is 1. The van der Waals surface area contributed by atoms with Gasteiger partial charge in [0.05, 0.1) is 0 Å². The van der Waals surface area contributed by atoms with Crippen molar-refractivity contribution >= 4 is 15.9 Å². The Morgan fingerprint density at radius 2 is 2.11 bits per heavy atom. The molecule has 0 aliphatic rings. The van der Waals surface area contributed by atoms with Crippen molar-refractivity contribution in [3.8, 4) is 0 Å². The lowest BCUT2D eigenvalue weighted by atomic mass is 10.0. The monoisotopic (exact) mass is 322 g/mol. The van der Waals surface area contributed by atoms with Crippen LogP contribution in [0.3, 0.4) is 0 Å². The van der Waals surface area contributed by atoms with Gasteiger partial charge in [0, 0.05) is 28.8 Å². The van der Waals surface area contributed by atoms with E-state index in [0.717, 1.165) is 28.6 Å². The van der Waals surface area contributed by atoms with Crippen molar-refractivity contribution in [2.75, 3.05) is 7.05 Å². The highest BCUT2D eigenvalue weighted by Crippen LogP contribution is 2.12. The summed E-state index contributed by atoms with van der Waals surface area (Å²) in [5.41, 5.74) is 2.02. The summed E-state index contributed by atoms with van der Waals surface area (Å²) < 4.78 is 14.1. The van der Waals surface area contributed by atoms with E-state index in [2.05, 4.69) is 26.2 Å². The third kappa shape index (κ3) is 4.40. The van der Waals surface area contributed by atoms with E-state index in [1.165, 1.54) is 6.07 Å². The molecule has 0 radical (unpaired) electrons. The molecule has 0 fully saturated rings. The van der Waals surface area contributed by atoms with Crippen molar-refractivity contribution in [1.82, 2.24) is 10.3 Å². The summed E-state index contributed by atoms with van der Waals surface area (Å²) in [5, 5.41) is 3.26. The summed E-state index contributed by atoms with van der Waals surface area (Å²) in [6, 6.07) is 11.0. The van der Waals surface area contributed by atoms with Crippen LogP contribution in [0.15, 0.2) is 47.1 Å². The topological polar surface area (TPSA) is 24.9 Å². The fourth-order valence-electron chi connectivity index (χ4n) is 2.00. The molecular formula is C15H16BrFN2. The molecule has 1 heterocycles. The molecule has 100 valence electrons. The van der Waals surface area contributed by atoms with Crippen molar-refractivity contribution in [3.63, 3.8) is 0 Å². The second-order valence-corrected chi connectivity index (χ2v) is 5.41. The molecule has 19 heavy (non-hydrogen) atoms. The van der Waals surface area contributed by atoms with Gasteiger partial charge < -0.3 is 5.32 Å². The second kappa shape index (κ2) is 6.78. The minimum Gasteiger partial charge on any atom is -0.316 e. The van der Waals surface area contributed by atoms with Gasteiger partial charge in [-0.1, -0.05) is 12.1 Å². The van der Waals surface area contributed by atoms with Gasteiger partial charge in [-0.2, -0.15) is 0 Å².